The second-order valence-corrected chi connectivity index (χ2v) is 8.74. The van der Waals surface area contributed by atoms with E-state index in [4.69, 9.17) is 0 Å². The van der Waals surface area contributed by atoms with Crippen molar-refractivity contribution in [2.24, 2.45) is 0 Å². The lowest BCUT2D eigenvalue weighted by Gasteiger charge is -2.26. The van der Waals surface area contributed by atoms with Crippen LogP contribution in [0.4, 0.5) is 0 Å². The van der Waals surface area contributed by atoms with Gasteiger partial charge in [0.1, 0.15) is 0 Å². The Bertz CT molecular complexity index is 1270. The fraction of sp³-hybridized carbons (Fsp3) is 0.269. The summed E-state index contributed by atoms with van der Waals surface area (Å²) in [6, 6.07) is 17.7. The molecule has 138 valence electrons. The van der Waals surface area contributed by atoms with Gasteiger partial charge in [0, 0.05) is 39.8 Å². The number of fused-ring (bicyclic) bond motifs is 6. The monoisotopic (exact) mass is 364 g/mol. The summed E-state index contributed by atoms with van der Waals surface area (Å²) >= 11 is 0. The van der Waals surface area contributed by atoms with Crippen LogP contribution in [-0.4, -0.2) is 9.55 Å². The number of allylic oxidation sites excluding steroid dienone is 2. The quantitative estimate of drug-likeness (QED) is 0.363. The van der Waals surface area contributed by atoms with Gasteiger partial charge in [-0.05, 0) is 55.0 Å². The normalized spacial score (nSPS) is 17.9. The molecule has 0 N–H and O–H groups in total. The first-order valence-corrected chi connectivity index (χ1v) is 10.4. The average Bonchev–Trinajstić information content (AvgIpc) is 3.19. The molecule has 28 heavy (non-hydrogen) atoms. The summed E-state index contributed by atoms with van der Waals surface area (Å²) in [5.74, 6) is 0. The van der Waals surface area contributed by atoms with Crippen LogP contribution in [0.25, 0.3) is 33.1 Å². The first-order chi connectivity index (χ1) is 13.7. The molecule has 2 aromatic heterocycles. The molecule has 0 amide bonds. The smallest absolute Gasteiger partial charge is 0.0619 e. The zero-order valence-electron chi connectivity index (χ0n) is 16.5. The molecule has 0 spiro atoms. The van der Waals surface area contributed by atoms with Crippen LogP contribution < -0.4 is 0 Å². The van der Waals surface area contributed by atoms with Crippen molar-refractivity contribution in [1.82, 2.24) is 9.55 Å². The average molecular weight is 364 g/mol. The van der Waals surface area contributed by atoms with Crippen molar-refractivity contribution in [3.05, 3.63) is 77.6 Å². The summed E-state index contributed by atoms with van der Waals surface area (Å²) in [7, 11) is 0. The molecule has 0 fully saturated rings. The Morgan fingerprint density at radius 3 is 2.57 bits per heavy atom. The highest BCUT2D eigenvalue weighted by Gasteiger charge is 2.40. The van der Waals surface area contributed by atoms with Crippen LogP contribution in [0.15, 0.2) is 66.5 Å². The van der Waals surface area contributed by atoms with Crippen molar-refractivity contribution in [3.63, 3.8) is 0 Å². The molecule has 0 atom stereocenters. The number of nitrogens with zero attached hydrogens (tertiary/aromatic N) is 2. The summed E-state index contributed by atoms with van der Waals surface area (Å²) in [6.07, 6.45) is 9.02. The number of rotatable bonds is 1. The molecule has 4 aromatic rings. The van der Waals surface area contributed by atoms with Gasteiger partial charge in [0.2, 0.25) is 0 Å². The van der Waals surface area contributed by atoms with Crippen molar-refractivity contribution in [1.29, 1.82) is 0 Å². The maximum atomic E-state index is 4.45. The van der Waals surface area contributed by atoms with E-state index in [1.54, 1.807) is 11.1 Å². The van der Waals surface area contributed by atoms with E-state index in [-0.39, 0.29) is 5.41 Å². The SMILES string of the molecule is CC1(C)C2=C(CCCC2)c2c1ccc1c3cnccc3n(-c3ccccc3)c21. The molecule has 2 heterocycles. The maximum Gasteiger partial charge on any atom is 0.0619 e. The molecule has 0 aliphatic heterocycles. The van der Waals surface area contributed by atoms with Gasteiger partial charge in [0.15, 0.2) is 0 Å². The molecule has 2 heteroatoms. The first-order valence-electron chi connectivity index (χ1n) is 10.4. The first kappa shape index (κ1) is 16.1. The van der Waals surface area contributed by atoms with Gasteiger partial charge in [-0.1, -0.05) is 49.8 Å². The predicted octanol–water partition coefficient (Wildman–Crippen LogP) is 6.80. The third-order valence-electron chi connectivity index (χ3n) is 6.94. The van der Waals surface area contributed by atoms with Crippen LogP contribution in [0.5, 0.6) is 0 Å². The molecule has 0 saturated carbocycles. The number of pyridine rings is 1. The van der Waals surface area contributed by atoms with Crippen molar-refractivity contribution >= 4 is 27.4 Å². The minimum absolute atomic E-state index is 0.134. The fourth-order valence-corrected chi connectivity index (χ4v) is 5.66. The second-order valence-electron chi connectivity index (χ2n) is 8.74. The molecule has 0 saturated heterocycles. The van der Waals surface area contributed by atoms with Crippen molar-refractivity contribution in [2.45, 2.75) is 44.9 Å². The van der Waals surface area contributed by atoms with Gasteiger partial charge in [-0.2, -0.15) is 0 Å². The molecule has 2 nitrogen and oxygen atoms in total. The molecule has 0 radical (unpaired) electrons. The van der Waals surface area contributed by atoms with Gasteiger partial charge in [0.25, 0.3) is 0 Å². The van der Waals surface area contributed by atoms with Gasteiger partial charge in [0.05, 0.1) is 11.0 Å². The Hall–Kier alpha value is -2.87. The molecule has 0 bridgehead atoms. The van der Waals surface area contributed by atoms with Gasteiger partial charge in [-0.15, -0.1) is 0 Å². The molecular weight excluding hydrogens is 340 g/mol. The van der Waals surface area contributed by atoms with Crippen LogP contribution in [-0.2, 0) is 5.41 Å². The van der Waals surface area contributed by atoms with Gasteiger partial charge in [-0.25, -0.2) is 0 Å². The zero-order chi connectivity index (χ0) is 18.9. The Kier molecular flexibility index (Phi) is 3.21. The Morgan fingerprint density at radius 2 is 1.71 bits per heavy atom. The summed E-state index contributed by atoms with van der Waals surface area (Å²) in [5.41, 5.74) is 10.3. The molecular formula is C26H24N2. The Balaban J connectivity index is 1.84. The van der Waals surface area contributed by atoms with Crippen LogP contribution in [0.1, 0.15) is 50.7 Å². The summed E-state index contributed by atoms with van der Waals surface area (Å²) < 4.78 is 2.46. The van der Waals surface area contributed by atoms with Crippen LogP contribution in [0, 0.1) is 0 Å². The van der Waals surface area contributed by atoms with Crippen LogP contribution in [0.3, 0.4) is 0 Å². The number of benzene rings is 2. The summed E-state index contributed by atoms with van der Waals surface area (Å²) in [4.78, 5) is 4.45. The number of hydrogen-bond acceptors (Lipinski definition) is 1. The van der Waals surface area contributed by atoms with E-state index in [1.165, 1.54) is 64.3 Å². The number of para-hydroxylation sites is 1. The van der Waals surface area contributed by atoms with E-state index in [0.29, 0.717) is 0 Å². The number of aromatic nitrogens is 2. The van der Waals surface area contributed by atoms with Crippen molar-refractivity contribution in [2.75, 3.05) is 0 Å². The van der Waals surface area contributed by atoms with E-state index in [9.17, 15) is 0 Å². The van der Waals surface area contributed by atoms with E-state index >= 15 is 0 Å². The second kappa shape index (κ2) is 5.57. The van der Waals surface area contributed by atoms with Crippen LogP contribution >= 0.6 is 0 Å². The predicted molar refractivity (Wildman–Crippen MR) is 117 cm³/mol. The highest BCUT2D eigenvalue weighted by molar-refractivity contribution is 6.13. The highest BCUT2D eigenvalue weighted by atomic mass is 15.0. The highest BCUT2D eigenvalue weighted by Crippen LogP contribution is 2.54. The lowest BCUT2D eigenvalue weighted by molar-refractivity contribution is 0.574. The van der Waals surface area contributed by atoms with Gasteiger partial charge in [-0.3, -0.25) is 4.98 Å². The van der Waals surface area contributed by atoms with E-state index in [2.05, 4.69) is 71.9 Å². The zero-order valence-corrected chi connectivity index (χ0v) is 16.5. The largest absolute Gasteiger partial charge is 0.309 e. The van der Waals surface area contributed by atoms with E-state index in [1.807, 2.05) is 12.4 Å². The van der Waals surface area contributed by atoms with E-state index < -0.39 is 0 Å². The maximum absolute atomic E-state index is 4.45. The molecule has 2 aromatic carbocycles. The molecule has 2 aliphatic rings. The lowest BCUT2D eigenvalue weighted by Crippen LogP contribution is -2.18. The van der Waals surface area contributed by atoms with Crippen molar-refractivity contribution < 1.29 is 0 Å². The molecule has 6 rings (SSSR count). The fourth-order valence-electron chi connectivity index (χ4n) is 5.66. The minimum atomic E-state index is 0.134. The minimum Gasteiger partial charge on any atom is -0.309 e. The van der Waals surface area contributed by atoms with Gasteiger partial charge >= 0.3 is 0 Å². The Labute approximate surface area is 165 Å². The summed E-state index contributed by atoms with van der Waals surface area (Å²) in [6.45, 7) is 4.84. The summed E-state index contributed by atoms with van der Waals surface area (Å²) in [5, 5.41) is 2.56. The Morgan fingerprint density at radius 1 is 0.893 bits per heavy atom. The molecule has 0 unspecified atom stereocenters. The standard InChI is InChI=1S/C26H24N2/c1-26(2)21-11-7-6-10-19(21)24-22(26)13-12-18-20-16-27-15-14-23(20)28(25(18)24)17-8-4-3-5-9-17/h3-5,8-9,12-16H,6-7,10-11H2,1-2H3. The number of hydrogen-bond donors (Lipinski definition) is 0. The van der Waals surface area contributed by atoms with E-state index in [0.717, 1.165) is 0 Å². The third-order valence-corrected chi connectivity index (χ3v) is 6.94. The van der Waals surface area contributed by atoms with Crippen molar-refractivity contribution in [3.8, 4) is 5.69 Å². The van der Waals surface area contributed by atoms with Gasteiger partial charge < -0.3 is 4.57 Å². The topological polar surface area (TPSA) is 17.8 Å². The third kappa shape index (κ3) is 1.95. The lowest BCUT2D eigenvalue weighted by atomic mass is 9.77. The molecule has 2 aliphatic carbocycles. The van der Waals surface area contributed by atoms with Crippen LogP contribution in [0.2, 0.25) is 0 Å².